The number of rotatable bonds is 5. The average molecular weight is 577 g/mol. The highest BCUT2D eigenvalue weighted by molar-refractivity contribution is 6.30. The first kappa shape index (κ1) is 27.2. The second-order valence-corrected chi connectivity index (χ2v) is 12.3. The molecule has 1 saturated carbocycles. The normalized spacial score (nSPS) is 19.8. The second-order valence-electron chi connectivity index (χ2n) is 11.9. The van der Waals surface area contributed by atoms with Gasteiger partial charge in [0.25, 0.3) is 0 Å². The Hall–Kier alpha value is -3.64. The molecule has 2 heterocycles. The number of hydrogen-bond donors (Lipinski definition) is 1. The summed E-state index contributed by atoms with van der Waals surface area (Å²) in [6.07, 6.45) is 11.0. The van der Waals surface area contributed by atoms with Gasteiger partial charge in [0.15, 0.2) is 0 Å². The minimum Gasteiger partial charge on any atom is -0.378 e. The molecule has 5 nitrogen and oxygen atoms in total. The molecule has 2 fully saturated rings. The summed E-state index contributed by atoms with van der Waals surface area (Å²) in [6, 6.07) is 25.7. The van der Waals surface area contributed by atoms with Gasteiger partial charge in [-0.3, -0.25) is 4.57 Å². The van der Waals surface area contributed by atoms with Gasteiger partial charge in [0.1, 0.15) is 5.82 Å². The lowest BCUT2D eigenvalue weighted by atomic mass is 9.73. The third-order valence-electron chi connectivity index (χ3n) is 9.14. The summed E-state index contributed by atoms with van der Waals surface area (Å²) < 4.78 is 7.85. The zero-order valence-corrected chi connectivity index (χ0v) is 24.9. The summed E-state index contributed by atoms with van der Waals surface area (Å²) in [5, 5.41) is 2.76. The zero-order valence-electron chi connectivity index (χ0n) is 24.1. The zero-order chi connectivity index (χ0) is 28.7. The number of benzene rings is 3. The topological polar surface area (TPSA) is 56.3 Å². The molecule has 1 aromatic heterocycles. The Morgan fingerprint density at radius 2 is 1.67 bits per heavy atom. The molecule has 6 heteroatoms. The highest BCUT2D eigenvalue weighted by Gasteiger charge is 2.34. The Morgan fingerprint density at radius 1 is 0.905 bits per heavy atom. The lowest BCUT2D eigenvalue weighted by molar-refractivity contribution is 0.122. The van der Waals surface area contributed by atoms with Crippen molar-refractivity contribution in [2.45, 2.75) is 38.1 Å². The van der Waals surface area contributed by atoms with Crippen molar-refractivity contribution in [1.29, 1.82) is 0 Å². The molecule has 0 bridgehead atoms. The van der Waals surface area contributed by atoms with Crippen molar-refractivity contribution in [3.63, 3.8) is 0 Å². The molecule has 42 heavy (non-hydrogen) atoms. The number of nitrogens with two attached hydrogens (primary N) is 1. The van der Waals surface area contributed by atoms with Crippen LogP contribution in [-0.4, -0.2) is 35.9 Å². The third-order valence-corrected chi connectivity index (χ3v) is 9.38. The summed E-state index contributed by atoms with van der Waals surface area (Å²) in [5.74, 6) is 1.22. The van der Waals surface area contributed by atoms with E-state index < -0.39 is 0 Å². The van der Waals surface area contributed by atoms with E-state index in [1.54, 1.807) is 0 Å². The fraction of sp³-hybridized carbons (Fsp3) is 0.306. The van der Waals surface area contributed by atoms with Crippen LogP contribution in [0.4, 0.5) is 5.69 Å². The van der Waals surface area contributed by atoms with Crippen LogP contribution in [0.3, 0.4) is 0 Å². The van der Waals surface area contributed by atoms with E-state index in [9.17, 15) is 0 Å². The molecular formula is C36H37ClN4O. The van der Waals surface area contributed by atoms with Gasteiger partial charge in [0.05, 0.1) is 23.9 Å². The molecule has 7 rings (SSSR count). The highest BCUT2D eigenvalue weighted by atomic mass is 35.5. The quantitative estimate of drug-likeness (QED) is 0.314. The van der Waals surface area contributed by atoms with Gasteiger partial charge in [0.2, 0.25) is 0 Å². The molecule has 0 amide bonds. The molecule has 0 radical (unpaired) electrons. The molecule has 1 atom stereocenters. The Bertz CT molecular complexity index is 1760. The molecule has 1 aliphatic heterocycles. The van der Waals surface area contributed by atoms with E-state index in [0.29, 0.717) is 10.9 Å². The number of anilines is 1. The van der Waals surface area contributed by atoms with Gasteiger partial charge < -0.3 is 15.4 Å². The first-order valence-electron chi connectivity index (χ1n) is 15.1. The molecule has 214 valence electrons. The molecule has 2 aliphatic carbocycles. The summed E-state index contributed by atoms with van der Waals surface area (Å²) >= 11 is 6.45. The molecule has 4 aromatic rings. The summed E-state index contributed by atoms with van der Waals surface area (Å²) in [6.45, 7) is 5.73. The first-order chi connectivity index (χ1) is 20.5. The third kappa shape index (κ3) is 5.11. The van der Waals surface area contributed by atoms with Crippen molar-refractivity contribution in [3.05, 3.63) is 106 Å². The number of allylic oxidation sites excluding steroid dienone is 2. The maximum Gasteiger partial charge on any atom is 0.145 e. The first-order valence-corrected chi connectivity index (χ1v) is 15.5. The molecule has 3 aromatic carbocycles. The van der Waals surface area contributed by atoms with Crippen LogP contribution in [0.2, 0.25) is 5.02 Å². The van der Waals surface area contributed by atoms with Gasteiger partial charge >= 0.3 is 0 Å². The van der Waals surface area contributed by atoms with Crippen LogP contribution in [0.15, 0.2) is 78.9 Å². The van der Waals surface area contributed by atoms with Crippen LogP contribution < -0.4 is 21.3 Å². The number of ether oxygens (including phenoxy) is 1. The van der Waals surface area contributed by atoms with E-state index in [1.807, 2.05) is 18.2 Å². The minimum absolute atomic E-state index is 0.187. The van der Waals surface area contributed by atoms with Crippen molar-refractivity contribution in [2.75, 3.05) is 31.2 Å². The van der Waals surface area contributed by atoms with Gasteiger partial charge in [-0.05, 0) is 90.8 Å². The highest BCUT2D eigenvalue weighted by Crippen LogP contribution is 2.39. The summed E-state index contributed by atoms with van der Waals surface area (Å²) in [7, 11) is 0. The van der Waals surface area contributed by atoms with Crippen LogP contribution in [0.1, 0.15) is 43.7 Å². The lowest BCUT2D eigenvalue weighted by Crippen LogP contribution is -2.43. The van der Waals surface area contributed by atoms with Crippen LogP contribution in [-0.2, 0) is 10.3 Å². The van der Waals surface area contributed by atoms with Crippen molar-refractivity contribution in [1.82, 2.24) is 9.55 Å². The van der Waals surface area contributed by atoms with Gasteiger partial charge in [-0.15, -0.1) is 0 Å². The Morgan fingerprint density at radius 3 is 2.40 bits per heavy atom. The summed E-state index contributed by atoms with van der Waals surface area (Å²) in [5.41, 5.74) is 13.6. The molecule has 3 aliphatic rings. The van der Waals surface area contributed by atoms with E-state index in [4.69, 9.17) is 27.1 Å². The number of nitrogens with zero attached hydrogens (tertiary/aromatic N) is 3. The SMILES string of the molecule is CC1CC=c2c(nc(-c3cccc(Cl)c3)n2-c2ccc(C3(N)CCC3)cc2)=CC=C1c1cccc(N2CCOCC2)c1. The number of aromatic nitrogens is 2. The Balaban J connectivity index is 1.34. The monoisotopic (exact) mass is 576 g/mol. The maximum atomic E-state index is 6.65. The minimum atomic E-state index is -0.187. The van der Waals surface area contributed by atoms with Crippen molar-refractivity contribution in [2.24, 2.45) is 11.7 Å². The average Bonchev–Trinajstić information content (AvgIpc) is 3.36. The van der Waals surface area contributed by atoms with E-state index in [1.165, 1.54) is 28.8 Å². The fourth-order valence-electron chi connectivity index (χ4n) is 6.47. The van der Waals surface area contributed by atoms with Gasteiger partial charge in [-0.1, -0.05) is 67.1 Å². The number of halogens is 1. The predicted octanol–water partition coefficient (Wildman–Crippen LogP) is 6.05. The summed E-state index contributed by atoms with van der Waals surface area (Å²) in [4.78, 5) is 7.62. The molecule has 1 unspecified atom stereocenters. The molecular weight excluding hydrogens is 540 g/mol. The van der Waals surface area contributed by atoms with E-state index in [0.717, 1.165) is 73.3 Å². The van der Waals surface area contributed by atoms with Crippen LogP contribution >= 0.6 is 11.6 Å². The standard InChI is InChI=1S/C36H37ClN4O/c1-25-9-16-34-33(15-14-32(25)26-5-3-8-31(24-26)40-19-21-42-22-20-40)39-35(27-6-2-7-29(37)23-27)41(34)30-12-10-28(11-13-30)36(38)17-4-18-36/h2-3,5-8,10-16,23-25H,4,9,17-22,38H2,1H3. The Kier molecular flexibility index (Phi) is 7.27. The van der Waals surface area contributed by atoms with Crippen molar-refractivity contribution < 1.29 is 4.74 Å². The predicted molar refractivity (Wildman–Crippen MR) is 173 cm³/mol. The van der Waals surface area contributed by atoms with E-state index >= 15 is 0 Å². The van der Waals surface area contributed by atoms with E-state index in [2.05, 4.69) is 89.2 Å². The molecule has 1 saturated heterocycles. The molecule has 2 N–H and O–H groups in total. The Labute approximate surface area is 252 Å². The maximum absolute atomic E-state index is 6.65. The fourth-order valence-corrected chi connectivity index (χ4v) is 6.66. The van der Waals surface area contributed by atoms with E-state index in [-0.39, 0.29) is 5.54 Å². The molecule has 0 spiro atoms. The number of imidazole rings is 1. The van der Waals surface area contributed by atoms with Crippen LogP contribution in [0, 0.1) is 5.92 Å². The number of fused-ring (bicyclic) bond motifs is 1. The van der Waals surface area contributed by atoms with Crippen LogP contribution in [0.5, 0.6) is 0 Å². The lowest BCUT2D eigenvalue weighted by Gasteiger charge is -2.38. The van der Waals surface area contributed by atoms with Crippen LogP contribution in [0.25, 0.3) is 34.8 Å². The van der Waals surface area contributed by atoms with Crippen molar-refractivity contribution in [3.8, 4) is 17.1 Å². The van der Waals surface area contributed by atoms with Gasteiger partial charge in [-0.25, -0.2) is 4.98 Å². The second kappa shape index (κ2) is 11.2. The number of hydrogen-bond acceptors (Lipinski definition) is 4. The van der Waals surface area contributed by atoms with Gasteiger partial charge in [0, 0.05) is 40.6 Å². The largest absolute Gasteiger partial charge is 0.378 e. The number of morpholine rings is 1. The van der Waals surface area contributed by atoms with Gasteiger partial charge in [-0.2, -0.15) is 0 Å². The van der Waals surface area contributed by atoms with Crippen molar-refractivity contribution >= 4 is 35.0 Å². The smallest absolute Gasteiger partial charge is 0.145 e.